The van der Waals surface area contributed by atoms with E-state index in [0.717, 1.165) is 34.0 Å². The molecule has 0 spiro atoms. The predicted octanol–water partition coefficient (Wildman–Crippen LogP) is 6.37. The van der Waals surface area contributed by atoms with Crippen LogP contribution < -0.4 is 10.6 Å². The number of thiophene rings is 1. The van der Waals surface area contributed by atoms with Crippen LogP contribution in [0, 0.1) is 0 Å². The third-order valence-corrected chi connectivity index (χ3v) is 9.67. The number of carbonyl (C=O) groups is 4. The Morgan fingerprint density at radius 1 is 0.956 bits per heavy atom. The molecule has 232 valence electrons. The molecule has 2 heterocycles. The average molecular weight is 644 g/mol. The van der Waals surface area contributed by atoms with E-state index in [2.05, 4.69) is 27.7 Å². The van der Waals surface area contributed by atoms with Gasteiger partial charge in [-0.25, -0.2) is 4.79 Å². The summed E-state index contributed by atoms with van der Waals surface area (Å²) in [6.45, 7) is 2.23. The molecule has 0 fully saturated rings. The Labute approximate surface area is 269 Å². The van der Waals surface area contributed by atoms with Crippen LogP contribution in [0.25, 0.3) is 0 Å². The van der Waals surface area contributed by atoms with E-state index in [0.29, 0.717) is 29.2 Å². The van der Waals surface area contributed by atoms with Gasteiger partial charge in [0.2, 0.25) is 11.8 Å². The number of amides is 2. The highest BCUT2D eigenvalue weighted by Crippen LogP contribution is 2.41. The normalized spacial score (nSPS) is 13.4. The molecule has 5 rings (SSSR count). The number of thioether (sulfide) groups is 1. The molecule has 1 atom stereocenters. The minimum absolute atomic E-state index is 0.140. The van der Waals surface area contributed by atoms with E-state index in [4.69, 9.17) is 9.84 Å². The molecule has 9 nitrogen and oxygen atoms in total. The van der Waals surface area contributed by atoms with Gasteiger partial charge in [-0.1, -0.05) is 66.7 Å². The molecule has 2 amide bonds. The number of aliphatic carboxylic acids is 1. The Kier molecular flexibility index (Phi) is 10.7. The highest BCUT2D eigenvalue weighted by Gasteiger charge is 2.31. The van der Waals surface area contributed by atoms with E-state index < -0.39 is 23.1 Å². The maximum atomic E-state index is 14.0. The molecular formula is C34H33N3O6S2. The van der Waals surface area contributed by atoms with Crippen LogP contribution in [0.5, 0.6) is 0 Å². The zero-order chi connectivity index (χ0) is 31.8. The molecule has 1 aliphatic heterocycles. The van der Waals surface area contributed by atoms with Gasteiger partial charge in [0.25, 0.3) is 0 Å². The van der Waals surface area contributed by atoms with Gasteiger partial charge in [-0.2, -0.15) is 0 Å². The molecule has 45 heavy (non-hydrogen) atoms. The van der Waals surface area contributed by atoms with Crippen LogP contribution in [0.2, 0.25) is 0 Å². The monoisotopic (exact) mass is 643 g/mol. The fourth-order valence-electron chi connectivity index (χ4n) is 5.14. The van der Waals surface area contributed by atoms with E-state index in [1.165, 1.54) is 35.8 Å². The minimum atomic E-state index is -1.04. The van der Waals surface area contributed by atoms with E-state index in [-0.39, 0.29) is 18.7 Å². The summed E-state index contributed by atoms with van der Waals surface area (Å²) >= 11 is 2.72. The van der Waals surface area contributed by atoms with Gasteiger partial charge in [-0.05, 0) is 41.3 Å². The van der Waals surface area contributed by atoms with Crippen molar-refractivity contribution in [2.75, 3.05) is 24.3 Å². The molecule has 3 N–H and O–H groups in total. The molecule has 1 aliphatic rings. The van der Waals surface area contributed by atoms with Gasteiger partial charge in [0.05, 0.1) is 19.1 Å². The first-order chi connectivity index (χ1) is 21.8. The van der Waals surface area contributed by atoms with Gasteiger partial charge in [0.15, 0.2) is 0 Å². The van der Waals surface area contributed by atoms with Crippen molar-refractivity contribution in [2.24, 2.45) is 0 Å². The topological polar surface area (TPSA) is 125 Å². The predicted molar refractivity (Wildman–Crippen MR) is 176 cm³/mol. The van der Waals surface area contributed by atoms with Gasteiger partial charge in [-0.3, -0.25) is 19.3 Å². The number of rotatable bonds is 12. The van der Waals surface area contributed by atoms with Crippen LogP contribution in [0.15, 0.2) is 89.8 Å². The summed E-state index contributed by atoms with van der Waals surface area (Å²) in [5.74, 6) is -2.23. The largest absolute Gasteiger partial charge is 0.481 e. The number of anilines is 2. The molecule has 3 aromatic carbocycles. The number of methoxy groups -OCH3 is 1. The number of fused-ring (bicyclic) bond motifs is 1. The summed E-state index contributed by atoms with van der Waals surface area (Å²) in [6, 6.07) is 26.6. The van der Waals surface area contributed by atoms with Crippen molar-refractivity contribution in [2.45, 2.75) is 42.5 Å². The first-order valence-corrected chi connectivity index (χ1v) is 16.1. The van der Waals surface area contributed by atoms with Crippen LogP contribution in [0.4, 0.5) is 10.7 Å². The number of esters is 1. The van der Waals surface area contributed by atoms with Gasteiger partial charge in [-0.15, -0.1) is 23.1 Å². The summed E-state index contributed by atoms with van der Waals surface area (Å²) in [5, 5.41) is 14.4. The summed E-state index contributed by atoms with van der Waals surface area (Å²) in [7, 11) is 1.35. The Hall–Kier alpha value is -4.45. The maximum Gasteiger partial charge on any atom is 0.341 e. The summed E-state index contributed by atoms with van der Waals surface area (Å²) in [4.78, 5) is 54.1. The quantitative estimate of drug-likeness (QED) is 0.120. The lowest BCUT2D eigenvalue weighted by Crippen LogP contribution is -2.29. The van der Waals surface area contributed by atoms with Crippen LogP contribution >= 0.6 is 23.1 Å². The number of nitrogens with zero attached hydrogens (tertiary/aromatic N) is 1. The fraction of sp³-hybridized carbons (Fsp3) is 0.235. The summed E-state index contributed by atoms with van der Waals surface area (Å²) in [5.41, 5.74) is 3.81. The first-order valence-electron chi connectivity index (χ1n) is 14.4. The van der Waals surface area contributed by atoms with E-state index >= 15 is 0 Å². The van der Waals surface area contributed by atoms with Crippen molar-refractivity contribution >= 4 is 57.5 Å². The SMILES string of the molecule is COC(=O)c1c(NC(=O)C(Sc2cccc(NC(=O)CCC(=O)O)c2)c2ccccc2)sc2c1CCN(Cc1ccccc1)C2. The molecule has 4 aromatic rings. The zero-order valence-corrected chi connectivity index (χ0v) is 26.3. The van der Waals surface area contributed by atoms with Crippen molar-refractivity contribution in [1.29, 1.82) is 0 Å². The number of hydrogen-bond donors (Lipinski definition) is 3. The standard InChI is InChI=1S/C34H33N3O6S2/c1-43-34(42)30-26-17-18-37(20-22-9-4-2-5-10-22)21-27(26)45-33(30)36-32(41)31(23-11-6-3-7-12-23)44-25-14-8-13-24(19-25)35-28(38)15-16-29(39)40/h2-14,19,31H,15-18,20-21H2,1H3,(H,35,38)(H,36,41)(H,39,40). The molecule has 0 saturated heterocycles. The molecule has 1 aromatic heterocycles. The maximum absolute atomic E-state index is 14.0. The van der Waals surface area contributed by atoms with E-state index in [1.54, 1.807) is 18.2 Å². The number of hydrogen-bond acceptors (Lipinski definition) is 8. The van der Waals surface area contributed by atoms with Gasteiger partial charge in [0.1, 0.15) is 10.3 Å². The second-order valence-corrected chi connectivity index (χ2v) is 12.8. The highest BCUT2D eigenvalue weighted by atomic mass is 32.2. The molecular weight excluding hydrogens is 611 g/mol. The molecule has 0 radical (unpaired) electrons. The third-order valence-electron chi connectivity index (χ3n) is 7.29. The van der Waals surface area contributed by atoms with Crippen molar-refractivity contribution in [1.82, 2.24) is 4.90 Å². The number of carbonyl (C=O) groups excluding carboxylic acids is 3. The van der Waals surface area contributed by atoms with E-state index in [9.17, 15) is 19.2 Å². The fourth-order valence-corrected chi connectivity index (χ4v) is 7.51. The van der Waals surface area contributed by atoms with Crippen LogP contribution in [0.3, 0.4) is 0 Å². The number of nitrogens with one attached hydrogen (secondary N) is 2. The Morgan fingerprint density at radius 2 is 1.69 bits per heavy atom. The number of carboxylic acid groups (broad SMARTS) is 1. The Bertz CT molecular complexity index is 1680. The third kappa shape index (κ3) is 8.39. The number of ether oxygens (including phenoxy) is 1. The molecule has 0 saturated carbocycles. The minimum Gasteiger partial charge on any atom is -0.481 e. The Morgan fingerprint density at radius 3 is 2.40 bits per heavy atom. The van der Waals surface area contributed by atoms with Crippen molar-refractivity contribution in [3.05, 3.63) is 112 Å². The number of benzene rings is 3. The summed E-state index contributed by atoms with van der Waals surface area (Å²) < 4.78 is 5.15. The van der Waals surface area contributed by atoms with Crippen molar-refractivity contribution in [3.63, 3.8) is 0 Å². The lowest BCUT2D eigenvalue weighted by molar-refractivity contribution is -0.138. The zero-order valence-electron chi connectivity index (χ0n) is 24.7. The first kappa shape index (κ1) is 32.0. The lowest BCUT2D eigenvalue weighted by atomic mass is 10.0. The smallest absolute Gasteiger partial charge is 0.341 e. The van der Waals surface area contributed by atoms with Crippen LogP contribution in [-0.2, 0) is 38.6 Å². The Balaban J connectivity index is 1.37. The van der Waals surface area contributed by atoms with Crippen LogP contribution in [0.1, 0.15) is 50.0 Å². The highest BCUT2D eigenvalue weighted by molar-refractivity contribution is 8.00. The summed E-state index contributed by atoms with van der Waals surface area (Å²) in [6.07, 6.45) is 0.265. The second kappa shape index (κ2) is 15.0. The van der Waals surface area contributed by atoms with Gasteiger partial charge >= 0.3 is 11.9 Å². The van der Waals surface area contributed by atoms with Crippen LogP contribution in [-0.4, -0.2) is 47.4 Å². The molecule has 11 heteroatoms. The molecule has 0 aliphatic carbocycles. The van der Waals surface area contributed by atoms with Gasteiger partial charge < -0.3 is 20.5 Å². The van der Waals surface area contributed by atoms with Crippen molar-refractivity contribution in [3.8, 4) is 0 Å². The molecule has 1 unspecified atom stereocenters. The molecule has 0 bridgehead atoms. The average Bonchev–Trinajstić information content (AvgIpc) is 3.40. The second-order valence-electron chi connectivity index (χ2n) is 10.5. The number of carboxylic acids is 1. The lowest BCUT2D eigenvalue weighted by Gasteiger charge is -2.27. The van der Waals surface area contributed by atoms with E-state index in [1.807, 2.05) is 54.6 Å². The van der Waals surface area contributed by atoms with Crippen molar-refractivity contribution < 1.29 is 29.0 Å². The van der Waals surface area contributed by atoms with Gasteiger partial charge in [0, 0.05) is 41.5 Å².